The number of carboxylic acid groups (broad SMARTS) is 1. The third-order valence-electron chi connectivity index (χ3n) is 5.58. The fourth-order valence-corrected chi connectivity index (χ4v) is 3.99. The fourth-order valence-electron chi connectivity index (χ4n) is 3.99. The van der Waals surface area contributed by atoms with Gasteiger partial charge in [0, 0.05) is 19.0 Å². The topological polar surface area (TPSA) is 76.1 Å². The van der Waals surface area contributed by atoms with E-state index in [-0.39, 0.29) is 25.7 Å². The Morgan fingerprint density at radius 2 is 1.75 bits per heavy atom. The summed E-state index contributed by atoms with van der Waals surface area (Å²) >= 11 is 0. The van der Waals surface area contributed by atoms with Crippen LogP contribution in [-0.4, -0.2) is 55.0 Å². The van der Waals surface area contributed by atoms with E-state index < -0.39 is 17.5 Å². The summed E-state index contributed by atoms with van der Waals surface area (Å²) in [6, 6.07) is 16.3. The number of fused-ring (bicyclic) bond motifs is 3. The Morgan fingerprint density at radius 1 is 1.14 bits per heavy atom. The number of rotatable bonds is 3. The molecule has 4 rings (SSSR count). The fraction of sp³-hybridized carbons (Fsp3) is 0.364. The second-order valence-corrected chi connectivity index (χ2v) is 7.64. The zero-order chi connectivity index (χ0) is 19.7. The highest BCUT2D eigenvalue weighted by molar-refractivity contribution is 5.79. The average Bonchev–Trinajstić information content (AvgIpc) is 2.86. The van der Waals surface area contributed by atoms with Gasteiger partial charge in [-0.3, -0.25) is 4.79 Å². The number of ether oxygens (including phenoxy) is 2. The summed E-state index contributed by atoms with van der Waals surface area (Å²) in [5.74, 6) is -1.00. The Kier molecular flexibility index (Phi) is 4.81. The SMILES string of the molecule is C[C@]1(C(=O)O)COCCN(C(=O)OCC2c3ccccc3-c3ccccc32)C1. The minimum Gasteiger partial charge on any atom is -0.481 e. The van der Waals surface area contributed by atoms with Crippen molar-refractivity contribution in [2.75, 3.05) is 32.9 Å². The van der Waals surface area contributed by atoms with Crippen LogP contribution in [0.5, 0.6) is 0 Å². The maximum atomic E-state index is 12.7. The van der Waals surface area contributed by atoms with E-state index >= 15 is 0 Å². The van der Waals surface area contributed by atoms with Crippen LogP contribution < -0.4 is 0 Å². The first kappa shape index (κ1) is 18.5. The lowest BCUT2D eigenvalue weighted by atomic mass is 9.91. The number of amides is 1. The number of aliphatic carboxylic acids is 1. The predicted octanol–water partition coefficient (Wildman–Crippen LogP) is 3.36. The predicted molar refractivity (Wildman–Crippen MR) is 103 cm³/mol. The van der Waals surface area contributed by atoms with Crippen molar-refractivity contribution in [3.05, 3.63) is 59.7 Å². The van der Waals surface area contributed by atoms with Crippen molar-refractivity contribution in [2.24, 2.45) is 5.41 Å². The quantitative estimate of drug-likeness (QED) is 0.882. The van der Waals surface area contributed by atoms with Gasteiger partial charge in [-0.05, 0) is 29.2 Å². The first-order chi connectivity index (χ1) is 13.5. The molecule has 1 fully saturated rings. The second-order valence-electron chi connectivity index (χ2n) is 7.64. The lowest BCUT2D eigenvalue weighted by molar-refractivity contribution is -0.151. The van der Waals surface area contributed by atoms with Crippen LogP contribution in [0.4, 0.5) is 4.79 Å². The van der Waals surface area contributed by atoms with Crippen molar-refractivity contribution >= 4 is 12.1 Å². The second kappa shape index (κ2) is 7.28. The van der Waals surface area contributed by atoms with E-state index in [9.17, 15) is 14.7 Å². The van der Waals surface area contributed by atoms with Gasteiger partial charge in [0.25, 0.3) is 0 Å². The minimum atomic E-state index is -1.14. The number of carbonyl (C=O) groups is 2. The lowest BCUT2D eigenvalue weighted by Gasteiger charge is -2.28. The monoisotopic (exact) mass is 381 g/mol. The van der Waals surface area contributed by atoms with Crippen molar-refractivity contribution in [2.45, 2.75) is 12.8 Å². The summed E-state index contributed by atoms with van der Waals surface area (Å²) in [4.78, 5) is 25.7. The molecule has 6 heteroatoms. The number of carboxylic acids is 1. The van der Waals surface area contributed by atoms with Crippen LogP contribution in [0.2, 0.25) is 0 Å². The van der Waals surface area contributed by atoms with Gasteiger partial charge in [0.2, 0.25) is 0 Å². The molecule has 0 bridgehead atoms. The van der Waals surface area contributed by atoms with E-state index in [1.165, 1.54) is 16.0 Å². The van der Waals surface area contributed by atoms with Gasteiger partial charge < -0.3 is 19.5 Å². The van der Waals surface area contributed by atoms with E-state index in [1.54, 1.807) is 6.92 Å². The van der Waals surface area contributed by atoms with Gasteiger partial charge in [0.15, 0.2) is 0 Å². The highest BCUT2D eigenvalue weighted by Gasteiger charge is 2.39. The molecule has 1 aliphatic carbocycles. The highest BCUT2D eigenvalue weighted by Crippen LogP contribution is 2.44. The molecular weight excluding hydrogens is 358 g/mol. The molecule has 1 amide bonds. The third-order valence-corrected chi connectivity index (χ3v) is 5.58. The Bertz CT molecular complexity index is 866. The van der Waals surface area contributed by atoms with Crippen LogP contribution in [0.1, 0.15) is 24.0 Å². The van der Waals surface area contributed by atoms with Crippen molar-refractivity contribution in [3.63, 3.8) is 0 Å². The number of benzene rings is 2. The van der Waals surface area contributed by atoms with E-state index in [1.807, 2.05) is 24.3 Å². The zero-order valence-electron chi connectivity index (χ0n) is 15.8. The molecule has 0 spiro atoms. The maximum absolute atomic E-state index is 12.7. The molecular formula is C22H23NO5. The van der Waals surface area contributed by atoms with Gasteiger partial charge in [-0.2, -0.15) is 0 Å². The molecule has 0 saturated carbocycles. The molecule has 1 heterocycles. The van der Waals surface area contributed by atoms with Crippen LogP contribution in [0.3, 0.4) is 0 Å². The van der Waals surface area contributed by atoms with Crippen LogP contribution in [0.15, 0.2) is 48.5 Å². The molecule has 2 aromatic carbocycles. The Morgan fingerprint density at radius 3 is 2.36 bits per heavy atom. The molecule has 0 aromatic heterocycles. The van der Waals surface area contributed by atoms with Crippen LogP contribution in [0, 0.1) is 5.41 Å². The number of hydrogen-bond acceptors (Lipinski definition) is 4. The standard InChI is InChI=1S/C22H23NO5/c1-22(20(24)25)13-23(10-11-27-14-22)21(26)28-12-19-17-8-4-2-6-15(17)16-7-3-5-9-18(16)19/h2-9,19H,10-14H2,1H3,(H,24,25)/t22-/m1/s1. The van der Waals surface area contributed by atoms with Gasteiger partial charge in [-0.1, -0.05) is 48.5 Å². The molecule has 1 aliphatic heterocycles. The van der Waals surface area contributed by atoms with E-state index in [4.69, 9.17) is 9.47 Å². The van der Waals surface area contributed by atoms with Gasteiger partial charge in [-0.25, -0.2) is 4.79 Å². The third kappa shape index (κ3) is 3.24. The normalized spacial score (nSPS) is 21.5. The summed E-state index contributed by atoms with van der Waals surface area (Å²) in [7, 11) is 0. The van der Waals surface area contributed by atoms with Crippen molar-refractivity contribution in [3.8, 4) is 11.1 Å². The van der Waals surface area contributed by atoms with Crippen molar-refractivity contribution in [1.82, 2.24) is 4.90 Å². The van der Waals surface area contributed by atoms with Gasteiger partial charge >= 0.3 is 12.1 Å². The lowest BCUT2D eigenvalue weighted by Crippen LogP contribution is -2.44. The first-order valence-electron chi connectivity index (χ1n) is 9.41. The molecule has 0 unspecified atom stereocenters. The molecule has 2 aromatic rings. The minimum absolute atomic E-state index is 0.0227. The smallest absolute Gasteiger partial charge is 0.409 e. The van der Waals surface area contributed by atoms with Gasteiger partial charge in [-0.15, -0.1) is 0 Å². The van der Waals surface area contributed by atoms with E-state index in [0.29, 0.717) is 13.2 Å². The summed E-state index contributed by atoms with van der Waals surface area (Å²) in [6.07, 6.45) is -0.500. The summed E-state index contributed by atoms with van der Waals surface area (Å²) in [5.41, 5.74) is 3.49. The summed E-state index contributed by atoms with van der Waals surface area (Å²) < 4.78 is 11.0. The molecule has 1 N–H and O–H groups in total. The van der Waals surface area contributed by atoms with Gasteiger partial charge in [0.05, 0.1) is 13.2 Å². The zero-order valence-corrected chi connectivity index (χ0v) is 15.8. The number of nitrogens with zero attached hydrogens (tertiary/aromatic N) is 1. The molecule has 1 saturated heterocycles. The molecule has 0 radical (unpaired) electrons. The molecule has 28 heavy (non-hydrogen) atoms. The summed E-state index contributed by atoms with van der Waals surface area (Å²) in [6.45, 7) is 2.57. The Hall–Kier alpha value is -2.86. The molecule has 146 valence electrons. The number of hydrogen-bond donors (Lipinski definition) is 1. The molecule has 6 nitrogen and oxygen atoms in total. The molecule has 1 atom stereocenters. The van der Waals surface area contributed by atoms with Gasteiger partial charge in [0.1, 0.15) is 12.0 Å². The highest BCUT2D eigenvalue weighted by atomic mass is 16.6. The van der Waals surface area contributed by atoms with Crippen molar-refractivity contribution in [1.29, 1.82) is 0 Å². The van der Waals surface area contributed by atoms with Crippen LogP contribution in [0.25, 0.3) is 11.1 Å². The van der Waals surface area contributed by atoms with E-state index in [2.05, 4.69) is 24.3 Å². The largest absolute Gasteiger partial charge is 0.481 e. The average molecular weight is 381 g/mol. The molecule has 2 aliphatic rings. The van der Waals surface area contributed by atoms with Crippen LogP contribution >= 0.6 is 0 Å². The number of carbonyl (C=O) groups excluding carboxylic acids is 1. The maximum Gasteiger partial charge on any atom is 0.409 e. The Balaban J connectivity index is 1.50. The van der Waals surface area contributed by atoms with Crippen molar-refractivity contribution < 1.29 is 24.2 Å². The first-order valence-corrected chi connectivity index (χ1v) is 9.41. The van der Waals surface area contributed by atoms with E-state index in [0.717, 1.165) is 11.1 Å². The summed E-state index contributed by atoms with van der Waals surface area (Å²) in [5, 5.41) is 9.48. The Labute approximate surface area is 163 Å². The van der Waals surface area contributed by atoms with Crippen LogP contribution in [-0.2, 0) is 14.3 Å².